The predicted molar refractivity (Wildman–Crippen MR) is 87.0 cm³/mol. The van der Waals surface area contributed by atoms with Crippen molar-refractivity contribution in [3.8, 4) is 0 Å². The minimum absolute atomic E-state index is 0.0503. The first-order valence-corrected chi connectivity index (χ1v) is 9.90. The highest BCUT2D eigenvalue weighted by Gasteiger charge is 2.28. The van der Waals surface area contributed by atoms with Gasteiger partial charge in [-0.3, -0.25) is 4.79 Å². The summed E-state index contributed by atoms with van der Waals surface area (Å²) in [5.74, 6) is 0.629. The van der Waals surface area contributed by atoms with E-state index in [2.05, 4.69) is 21.2 Å². The summed E-state index contributed by atoms with van der Waals surface area (Å²) in [5, 5.41) is 2.91. The van der Waals surface area contributed by atoms with E-state index in [1.807, 2.05) is 25.1 Å². The number of hydrogen-bond donors (Lipinski definition) is 1. The Kier molecular flexibility index (Phi) is 5.14. The van der Waals surface area contributed by atoms with Gasteiger partial charge in [0, 0.05) is 15.4 Å². The van der Waals surface area contributed by atoms with Crippen LogP contribution >= 0.6 is 27.7 Å². The zero-order valence-corrected chi connectivity index (χ0v) is 14.3. The van der Waals surface area contributed by atoms with Crippen molar-refractivity contribution in [2.24, 2.45) is 0 Å². The molecule has 110 valence electrons. The predicted octanol–water partition coefficient (Wildman–Crippen LogP) is 2.62. The summed E-state index contributed by atoms with van der Waals surface area (Å²) in [6.45, 7) is 1.93. The summed E-state index contributed by atoms with van der Waals surface area (Å²) >= 11 is 4.79. The van der Waals surface area contributed by atoms with Crippen LogP contribution in [0.2, 0.25) is 0 Å². The van der Waals surface area contributed by atoms with Crippen LogP contribution in [0.15, 0.2) is 22.7 Å². The number of anilines is 1. The van der Waals surface area contributed by atoms with E-state index < -0.39 is 9.84 Å². The van der Waals surface area contributed by atoms with Crippen LogP contribution in [0.25, 0.3) is 0 Å². The second-order valence-electron chi connectivity index (χ2n) is 4.84. The van der Waals surface area contributed by atoms with Crippen LogP contribution in [0.4, 0.5) is 5.69 Å². The van der Waals surface area contributed by atoms with Gasteiger partial charge < -0.3 is 5.32 Å². The van der Waals surface area contributed by atoms with Crippen molar-refractivity contribution in [1.82, 2.24) is 0 Å². The van der Waals surface area contributed by atoms with Crippen molar-refractivity contribution in [3.05, 3.63) is 28.2 Å². The van der Waals surface area contributed by atoms with E-state index in [4.69, 9.17) is 0 Å². The summed E-state index contributed by atoms with van der Waals surface area (Å²) in [6, 6.07) is 5.71. The number of nitrogens with one attached hydrogen (secondary N) is 1. The summed E-state index contributed by atoms with van der Waals surface area (Å²) < 4.78 is 23.6. The minimum atomic E-state index is -2.87. The lowest BCUT2D eigenvalue weighted by molar-refractivity contribution is -0.113. The maximum atomic E-state index is 11.9. The van der Waals surface area contributed by atoms with Gasteiger partial charge >= 0.3 is 0 Å². The van der Waals surface area contributed by atoms with Crippen LogP contribution in [-0.4, -0.2) is 36.8 Å². The molecular weight excluding hydrogens is 362 g/mol. The third-order valence-electron chi connectivity index (χ3n) is 3.11. The average molecular weight is 378 g/mol. The first kappa shape index (κ1) is 15.9. The smallest absolute Gasteiger partial charge is 0.234 e. The summed E-state index contributed by atoms with van der Waals surface area (Å²) in [6.07, 6.45) is 0.649. The van der Waals surface area contributed by atoms with E-state index in [-0.39, 0.29) is 28.4 Å². The number of hydrogen-bond acceptors (Lipinski definition) is 4. The van der Waals surface area contributed by atoms with E-state index >= 15 is 0 Å². The highest BCUT2D eigenvalue weighted by atomic mass is 79.9. The molecule has 2 rings (SSSR count). The number of rotatable bonds is 4. The number of aryl methyl sites for hydroxylation is 1. The normalized spacial score (nSPS) is 20.8. The summed E-state index contributed by atoms with van der Waals surface area (Å²) in [4.78, 5) is 11.9. The molecule has 0 aliphatic carbocycles. The largest absolute Gasteiger partial charge is 0.325 e. The number of halogens is 1. The topological polar surface area (TPSA) is 63.2 Å². The number of benzene rings is 1. The number of carbonyl (C=O) groups is 1. The SMILES string of the molecule is Cc1ccc(Br)cc1NC(=O)CSC1CCS(=O)(=O)C1. The Labute approximate surface area is 131 Å². The molecule has 1 unspecified atom stereocenters. The van der Waals surface area contributed by atoms with Gasteiger partial charge in [-0.25, -0.2) is 8.42 Å². The molecule has 0 spiro atoms. The Morgan fingerprint density at radius 1 is 1.50 bits per heavy atom. The van der Waals surface area contributed by atoms with Crippen LogP contribution in [0.1, 0.15) is 12.0 Å². The van der Waals surface area contributed by atoms with Crippen LogP contribution < -0.4 is 5.32 Å². The van der Waals surface area contributed by atoms with Crippen molar-refractivity contribution in [2.75, 3.05) is 22.6 Å². The molecule has 1 saturated heterocycles. The van der Waals surface area contributed by atoms with E-state index in [1.54, 1.807) is 0 Å². The Morgan fingerprint density at radius 2 is 2.25 bits per heavy atom. The first-order chi connectivity index (χ1) is 9.35. The number of carbonyl (C=O) groups excluding carboxylic acids is 1. The van der Waals surface area contributed by atoms with Gasteiger partial charge in [-0.05, 0) is 31.0 Å². The van der Waals surface area contributed by atoms with Crippen LogP contribution in [-0.2, 0) is 14.6 Å². The first-order valence-electron chi connectivity index (χ1n) is 6.24. The lowest BCUT2D eigenvalue weighted by Gasteiger charge is -2.10. The molecule has 1 aliphatic heterocycles. The molecule has 1 aromatic rings. The molecule has 20 heavy (non-hydrogen) atoms. The highest BCUT2D eigenvalue weighted by molar-refractivity contribution is 9.10. The number of amides is 1. The van der Waals surface area contributed by atoms with Gasteiger partial charge in [0.1, 0.15) is 0 Å². The second-order valence-corrected chi connectivity index (χ2v) is 9.28. The third-order valence-corrected chi connectivity index (χ3v) is 6.89. The van der Waals surface area contributed by atoms with E-state index in [0.29, 0.717) is 6.42 Å². The van der Waals surface area contributed by atoms with Gasteiger partial charge in [-0.15, -0.1) is 11.8 Å². The van der Waals surface area contributed by atoms with Crippen LogP contribution in [0, 0.1) is 6.92 Å². The summed E-state index contributed by atoms with van der Waals surface area (Å²) in [7, 11) is -2.87. The quantitative estimate of drug-likeness (QED) is 0.875. The lowest BCUT2D eigenvalue weighted by atomic mass is 10.2. The van der Waals surface area contributed by atoms with E-state index in [0.717, 1.165) is 15.7 Å². The second kappa shape index (κ2) is 6.49. The van der Waals surface area contributed by atoms with E-state index in [1.165, 1.54) is 11.8 Å². The third kappa shape index (κ3) is 4.49. The molecule has 1 amide bonds. The molecule has 1 N–H and O–H groups in total. The van der Waals surface area contributed by atoms with Gasteiger partial charge in [-0.2, -0.15) is 0 Å². The number of thioether (sulfide) groups is 1. The molecule has 1 atom stereocenters. The standard InChI is InChI=1S/C13H16BrNO3S2/c1-9-2-3-10(14)6-12(9)15-13(16)7-19-11-4-5-20(17,18)8-11/h2-3,6,11H,4-5,7-8H2,1H3,(H,15,16). The molecule has 7 heteroatoms. The van der Waals surface area contributed by atoms with Crippen molar-refractivity contribution in [1.29, 1.82) is 0 Å². The minimum Gasteiger partial charge on any atom is -0.325 e. The van der Waals surface area contributed by atoms with E-state index in [9.17, 15) is 13.2 Å². The van der Waals surface area contributed by atoms with Crippen molar-refractivity contribution < 1.29 is 13.2 Å². The molecule has 1 heterocycles. The lowest BCUT2D eigenvalue weighted by Crippen LogP contribution is -2.17. The Balaban J connectivity index is 1.85. The van der Waals surface area contributed by atoms with Crippen LogP contribution in [0.5, 0.6) is 0 Å². The monoisotopic (exact) mass is 377 g/mol. The van der Waals surface area contributed by atoms with Gasteiger partial charge in [0.15, 0.2) is 9.84 Å². The molecule has 1 aliphatic rings. The molecule has 1 aromatic carbocycles. The summed E-state index contributed by atoms with van der Waals surface area (Å²) in [5.41, 5.74) is 1.78. The van der Waals surface area contributed by atoms with Gasteiger partial charge in [0.2, 0.25) is 5.91 Å². The van der Waals surface area contributed by atoms with Crippen molar-refractivity contribution in [3.63, 3.8) is 0 Å². The molecular formula is C13H16BrNO3S2. The molecule has 0 bridgehead atoms. The number of sulfone groups is 1. The Morgan fingerprint density at radius 3 is 2.90 bits per heavy atom. The molecule has 1 fully saturated rings. The maximum Gasteiger partial charge on any atom is 0.234 e. The zero-order valence-electron chi connectivity index (χ0n) is 11.1. The van der Waals surface area contributed by atoms with Gasteiger partial charge in [0.25, 0.3) is 0 Å². The van der Waals surface area contributed by atoms with Gasteiger partial charge in [0.05, 0.1) is 17.3 Å². The Hall–Kier alpha value is -0.530. The fourth-order valence-electron chi connectivity index (χ4n) is 2.00. The van der Waals surface area contributed by atoms with Gasteiger partial charge in [-0.1, -0.05) is 22.0 Å². The highest BCUT2D eigenvalue weighted by Crippen LogP contribution is 2.25. The van der Waals surface area contributed by atoms with Crippen molar-refractivity contribution in [2.45, 2.75) is 18.6 Å². The zero-order chi connectivity index (χ0) is 14.8. The van der Waals surface area contributed by atoms with Crippen molar-refractivity contribution >= 4 is 49.1 Å². The molecule has 0 radical (unpaired) electrons. The Bertz CT molecular complexity index is 616. The molecule has 0 saturated carbocycles. The van der Waals surface area contributed by atoms with Crippen LogP contribution in [0.3, 0.4) is 0 Å². The fraction of sp³-hybridized carbons (Fsp3) is 0.462. The molecule has 0 aromatic heterocycles. The maximum absolute atomic E-state index is 11.9. The average Bonchev–Trinajstić information content (AvgIpc) is 2.71. The molecule has 4 nitrogen and oxygen atoms in total. The fourth-order valence-corrected chi connectivity index (χ4v) is 5.81.